The highest BCUT2D eigenvalue weighted by molar-refractivity contribution is 5.93. The molecule has 1 heterocycles. The van der Waals surface area contributed by atoms with Gasteiger partial charge in [0.1, 0.15) is 11.5 Å². The number of aromatic nitrogens is 2. The number of hydrogen-bond donors (Lipinski definition) is 1. The van der Waals surface area contributed by atoms with Crippen LogP contribution in [0.1, 0.15) is 24.3 Å². The van der Waals surface area contributed by atoms with Crippen LogP contribution >= 0.6 is 0 Å². The second kappa shape index (κ2) is 7.16. The maximum Gasteiger partial charge on any atom is 0.272 e. The molecule has 0 spiro atoms. The second-order valence-electron chi connectivity index (χ2n) is 5.40. The lowest BCUT2D eigenvalue weighted by Gasteiger charge is -2.25. The number of non-ortho nitro benzene ring substituents is 1. The minimum absolute atomic E-state index is 0.0471. The number of carbonyl (C=O) groups is 1. The SMILES string of the molecule is CC(C)N(CC(F)F)C(=O)c1cnc(-c2cccc([N+](=O)[O-])c2)[nH]1. The molecule has 7 nitrogen and oxygen atoms in total. The molecule has 0 saturated carbocycles. The Kier molecular flexibility index (Phi) is 5.22. The van der Waals surface area contributed by atoms with Crippen LogP contribution in [0, 0.1) is 10.1 Å². The fraction of sp³-hybridized carbons (Fsp3) is 0.333. The number of nitrogens with one attached hydrogen (secondary N) is 1. The zero-order chi connectivity index (χ0) is 17.9. The summed E-state index contributed by atoms with van der Waals surface area (Å²) < 4.78 is 25.3. The third-order valence-corrected chi connectivity index (χ3v) is 3.36. The number of benzene rings is 1. The number of carbonyl (C=O) groups excluding carboxylic acids is 1. The summed E-state index contributed by atoms with van der Waals surface area (Å²) in [5, 5.41) is 10.8. The highest BCUT2D eigenvalue weighted by Gasteiger charge is 2.24. The van der Waals surface area contributed by atoms with Gasteiger partial charge in [0, 0.05) is 23.7 Å². The van der Waals surface area contributed by atoms with Crippen LogP contribution in [0.2, 0.25) is 0 Å². The number of alkyl halides is 2. The van der Waals surface area contributed by atoms with Gasteiger partial charge in [-0.25, -0.2) is 13.8 Å². The van der Waals surface area contributed by atoms with Crippen LogP contribution in [-0.2, 0) is 0 Å². The first-order valence-electron chi connectivity index (χ1n) is 7.18. The quantitative estimate of drug-likeness (QED) is 0.647. The molecule has 2 rings (SSSR count). The first-order valence-corrected chi connectivity index (χ1v) is 7.18. The topological polar surface area (TPSA) is 92.1 Å². The van der Waals surface area contributed by atoms with Crippen molar-refractivity contribution in [2.24, 2.45) is 0 Å². The summed E-state index contributed by atoms with van der Waals surface area (Å²) >= 11 is 0. The molecule has 1 N–H and O–H groups in total. The smallest absolute Gasteiger partial charge is 0.272 e. The van der Waals surface area contributed by atoms with Gasteiger partial charge in [-0.05, 0) is 13.8 Å². The van der Waals surface area contributed by atoms with Crippen LogP contribution in [0.4, 0.5) is 14.5 Å². The van der Waals surface area contributed by atoms with E-state index in [0.717, 1.165) is 4.90 Å². The van der Waals surface area contributed by atoms with Crippen molar-refractivity contribution in [3.63, 3.8) is 0 Å². The van der Waals surface area contributed by atoms with E-state index in [1.54, 1.807) is 19.9 Å². The van der Waals surface area contributed by atoms with E-state index in [0.29, 0.717) is 5.56 Å². The number of halogens is 2. The van der Waals surface area contributed by atoms with E-state index in [4.69, 9.17) is 0 Å². The van der Waals surface area contributed by atoms with Gasteiger partial charge in [0.25, 0.3) is 18.0 Å². The summed E-state index contributed by atoms with van der Waals surface area (Å²) in [6.07, 6.45) is -1.41. The van der Waals surface area contributed by atoms with Crippen molar-refractivity contribution in [3.8, 4) is 11.4 Å². The Balaban J connectivity index is 2.28. The van der Waals surface area contributed by atoms with Gasteiger partial charge < -0.3 is 9.88 Å². The Bertz CT molecular complexity index is 746. The number of imidazole rings is 1. The molecule has 0 atom stereocenters. The van der Waals surface area contributed by atoms with Crippen molar-refractivity contribution in [2.75, 3.05) is 6.54 Å². The fourth-order valence-electron chi connectivity index (χ4n) is 2.18. The molecule has 0 bridgehead atoms. The summed E-state index contributed by atoms with van der Waals surface area (Å²) in [6, 6.07) is 5.33. The molecule has 0 unspecified atom stereocenters. The minimum atomic E-state index is -2.64. The molecule has 24 heavy (non-hydrogen) atoms. The third-order valence-electron chi connectivity index (χ3n) is 3.36. The number of hydrogen-bond acceptors (Lipinski definition) is 4. The van der Waals surface area contributed by atoms with Gasteiger partial charge in [0.2, 0.25) is 0 Å². The monoisotopic (exact) mass is 338 g/mol. The number of nitro benzene ring substituents is 1. The molecule has 0 aliphatic carbocycles. The maximum absolute atomic E-state index is 12.6. The first kappa shape index (κ1) is 17.5. The van der Waals surface area contributed by atoms with Crippen molar-refractivity contribution < 1.29 is 18.5 Å². The van der Waals surface area contributed by atoms with Gasteiger partial charge in [-0.15, -0.1) is 0 Å². The summed E-state index contributed by atoms with van der Waals surface area (Å²) in [5.74, 6) is -0.350. The molecule has 1 aromatic heterocycles. The lowest BCUT2D eigenvalue weighted by atomic mass is 10.2. The van der Waals surface area contributed by atoms with Crippen LogP contribution in [0.25, 0.3) is 11.4 Å². The molecule has 1 aromatic carbocycles. The third kappa shape index (κ3) is 3.92. The highest BCUT2D eigenvalue weighted by atomic mass is 19.3. The molecule has 0 aliphatic heterocycles. The van der Waals surface area contributed by atoms with Crippen LogP contribution < -0.4 is 0 Å². The fourth-order valence-corrected chi connectivity index (χ4v) is 2.18. The first-order chi connectivity index (χ1) is 11.3. The van der Waals surface area contributed by atoms with Gasteiger partial charge in [-0.3, -0.25) is 14.9 Å². The van der Waals surface area contributed by atoms with Crippen LogP contribution in [0.5, 0.6) is 0 Å². The Morgan fingerprint density at radius 2 is 2.12 bits per heavy atom. The van der Waals surface area contributed by atoms with E-state index in [9.17, 15) is 23.7 Å². The van der Waals surface area contributed by atoms with Crippen molar-refractivity contribution >= 4 is 11.6 Å². The number of aromatic amines is 1. The normalized spacial score (nSPS) is 11.1. The number of H-pyrrole nitrogens is 1. The van der Waals surface area contributed by atoms with Gasteiger partial charge >= 0.3 is 0 Å². The van der Waals surface area contributed by atoms with Gasteiger partial charge in [0.15, 0.2) is 0 Å². The lowest BCUT2D eigenvalue weighted by molar-refractivity contribution is -0.384. The van der Waals surface area contributed by atoms with Crippen LogP contribution in [0.15, 0.2) is 30.5 Å². The Morgan fingerprint density at radius 3 is 2.71 bits per heavy atom. The highest BCUT2D eigenvalue weighted by Crippen LogP contribution is 2.22. The van der Waals surface area contributed by atoms with Crippen molar-refractivity contribution in [2.45, 2.75) is 26.3 Å². The molecular weight excluding hydrogens is 322 g/mol. The van der Waals surface area contributed by atoms with E-state index in [-0.39, 0.29) is 17.2 Å². The maximum atomic E-state index is 12.6. The van der Waals surface area contributed by atoms with Crippen molar-refractivity contribution in [3.05, 3.63) is 46.3 Å². The van der Waals surface area contributed by atoms with Gasteiger partial charge in [-0.1, -0.05) is 12.1 Å². The molecule has 1 amide bonds. The summed E-state index contributed by atoms with van der Waals surface area (Å²) in [6.45, 7) is 2.60. The molecule has 9 heteroatoms. The number of nitrogens with zero attached hydrogens (tertiary/aromatic N) is 3. The van der Waals surface area contributed by atoms with E-state index in [2.05, 4.69) is 9.97 Å². The number of nitro groups is 1. The molecule has 0 radical (unpaired) electrons. The van der Waals surface area contributed by atoms with Crippen LogP contribution in [0.3, 0.4) is 0 Å². The molecule has 2 aromatic rings. The summed E-state index contributed by atoms with van der Waals surface area (Å²) in [4.78, 5) is 30.4. The van der Waals surface area contributed by atoms with E-state index in [1.165, 1.54) is 24.4 Å². The van der Waals surface area contributed by atoms with E-state index in [1.807, 2.05) is 0 Å². The minimum Gasteiger partial charge on any atom is -0.334 e. The predicted octanol–water partition coefficient (Wildman–Crippen LogP) is 3.10. The Morgan fingerprint density at radius 1 is 1.42 bits per heavy atom. The van der Waals surface area contributed by atoms with Gasteiger partial charge in [0.05, 0.1) is 17.7 Å². The largest absolute Gasteiger partial charge is 0.334 e. The average Bonchev–Trinajstić information content (AvgIpc) is 3.01. The number of rotatable bonds is 6. The lowest BCUT2D eigenvalue weighted by Crippen LogP contribution is -2.40. The molecular formula is C15H16F2N4O3. The Hall–Kier alpha value is -2.84. The van der Waals surface area contributed by atoms with Crippen molar-refractivity contribution in [1.82, 2.24) is 14.9 Å². The molecule has 0 aliphatic rings. The zero-order valence-electron chi connectivity index (χ0n) is 13.1. The predicted molar refractivity (Wildman–Crippen MR) is 82.9 cm³/mol. The molecule has 0 saturated heterocycles. The standard InChI is InChI=1S/C15H16F2N4O3/c1-9(2)20(8-13(16)17)15(22)12-7-18-14(19-12)10-4-3-5-11(6-10)21(23)24/h3-7,9,13H,8H2,1-2H3,(H,18,19). The number of amides is 1. The van der Waals surface area contributed by atoms with E-state index < -0.39 is 29.8 Å². The molecule has 0 fully saturated rings. The van der Waals surface area contributed by atoms with Crippen LogP contribution in [-0.4, -0.2) is 44.7 Å². The Labute approximate surface area is 136 Å². The summed E-state index contributed by atoms with van der Waals surface area (Å²) in [5.41, 5.74) is 0.359. The molecule has 128 valence electrons. The summed E-state index contributed by atoms with van der Waals surface area (Å²) in [7, 11) is 0. The second-order valence-corrected chi connectivity index (χ2v) is 5.40. The van der Waals surface area contributed by atoms with Gasteiger partial charge in [-0.2, -0.15) is 0 Å². The average molecular weight is 338 g/mol. The van der Waals surface area contributed by atoms with E-state index >= 15 is 0 Å². The van der Waals surface area contributed by atoms with Crippen molar-refractivity contribution in [1.29, 1.82) is 0 Å². The zero-order valence-corrected chi connectivity index (χ0v) is 13.1.